The van der Waals surface area contributed by atoms with E-state index in [1.807, 2.05) is 0 Å². The van der Waals surface area contributed by atoms with Crippen molar-refractivity contribution in [3.8, 4) is 16.9 Å². The second-order valence-corrected chi connectivity index (χ2v) is 12.7. The molecule has 8 nitrogen and oxygen atoms in total. The van der Waals surface area contributed by atoms with Gasteiger partial charge in [-0.2, -0.15) is 17.5 Å². The molecule has 0 radical (unpaired) electrons. The first-order valence-corrected chi connectivity index (χ1v) is 15.6. The molecule has 14 heteroatoms. The second-order valence-electron chi connectivity index (χ2n) is 10.7. The van der Waals surface area contributed by atoms with Crippen molar-refractivity contribution in [2.75, 3.05) is 19.3 Å². The number of aryl methyl sites for hydroxylation is 1. The van der Waals surface area contributed by atoms with Gasteiger partial charge in [-0.25, -0.2) is 22.0 Å². The van der Waals surface area contributed by atoms with Crippen molar-refractivity contribution in [2.24, 2.45) is 0 Å². The molecule has 0 amide bonds. The van der Waals surface area contributed by atoms with E-state index >= 15 is 4.39 Å². The number of nitrogens with zero attached hydrogens (tertiary/aromatic N) is 3. The largest absolute Gasteiger partial charge is 0.485 e. The average Bonchev–Trinajstić information content (AvgIpc) is 2.94. The number of benzene rings is 3. The molecule has 4 aromatic rings. The third-order valence-electron chi connectivity index (χ3n) is 7.70. The normalized spacial score (nSPS) is 14.4. The Hall–Kier alpha value is -4.30. The van der Waals surface area contributed by atoms with E-state index in [0.29, 0.717) is 6.07 Å². The number of halogens is 5. The van der Waals surface area contributed by atoms with E-state index in [9.17, 15) is 35.6 Å². The predicted molar refractivity (Wildman–Crippen MR) is 157 cm³/mol. The summed E-state index contributed by atoms with van der Waals surface area (Å²) in [6, 6.07) is 15.2. The molecule has 3 aromatic carbocycles. The minimum Gasteiger partial charge on any atom is -0.485 e. The van der Waals surface area contributed by atoms with Crippen molar-refractivity contribution >= 4 is 10.0 Å². The molecule has 45 heavy (non-hydrogen) atoms. The summed E-state index contributed by atoms with van der Waals surface area (Å²) in [5, 5.41) is 0. The third-order valence-corrected chi connectivity index (χ3v) is 8.94. The van der Waals surface area contributed by atoms with Crippen molar-refractivity contribution in [1.29, 1.82) is 0 Å². The summed E-state index contributed by atoms with van der Waals surface area (Å²) in [5.41, 5.74) is -4.01. The third kappa shape index (κ3) is 6.57. The molecule has 238 valence electrons. The van der Waals surface area contributed by atoms with Crippen LogP contribution in [0.2, 0.25) is 0 Å². The van der Waals surface area contributed by atoms with Gasteiger partial charge in [-0.05, 0) is 37.1 Å². The molecule has 0 atom stereocenters. The number of hydrogen-bond donors (Lipinski definition) is 0. The Balaban J connectivity index is 1.63. The van der Waals surface area contributed by atoms with E-state index in [1.165, 1.54) is 25.1 Å². The fourth-order valence-corrected chi connectivity index (χ4v) is 6.12. The molecule has 2 heterocycles. The van der Waals surface area contributed by atoms with Gasteiger partial charge in [0.15, 0.2) is 11.6 Å². The summed E-state index contributed by atoms with van der Waals surface area (Å²) in [4.78, 5) is 27.5. The summed E-state index contributed by atoms with van der Waals surface area (Å²) >= 11 is 0. The van der Waals surface area contributed by atoms with Gasteiger partial charge >= 0.3 is 11.9 Å². The molecule has 5 rings (SSSR count). The molecule has 0 aliphatic carbocycles. The lowest BCUT2D eigenvalue weighted by molar-refractivity contribution is -0.138. The molecular weight excluding hydrogens is 621 g/mol. The number of alkyl halides is 3. The van der Waals surface area contributed by atoms with Crippen LogP contribution >= 0.6 is 0 Å². The van der Waals surface area contributed by atoms with Crippen molar-refractivity contribution in [3.05, 3.63) is 122 Å². The van der Waals surface area contributed by atoms with Crippen LogP contribution in [0.25, 0.3) is 11.1 Å². The second kappa shape index (κ2) is 12.2. The van der Waals surface area contributed by atoms with Crippen LogP contribution in [0.3, 0.4) is 0 Å². The first kappa shape index (κ1) is 32.1. The minimum atomic E-state index is -4.94. The van der Waals surface area contributed by atoms with Crippen molar-refractivity contribution in [2.45, 2.75) is 38.7 Å². The van der Waals surface area contributed by atoms with E-state index in [-0.39, 0.29) is 48.6 Å². The Bertz CT molecular complexity index is 1970. The zero-order valence-electron chi connectivity index (χ0n) is 24.1. The highest BCUT2D eigenvalue weighted by Crippen LogP contribution is 2.34. The standard InChI is InChI=1S/C31H28F5N3O5S/c1-19-27(22-10-6-13-26(28(22)33)44-21-16-37(17-21)45(2,42)43)29(40)38(15-14-20-8-4-3-5-9-20)30(41)39(19)18-23-24(31(34,35)36)11-7-12-25(23)32/h3-13,21H,14-18H2,1-2H3. The van der Waals surface area contributed by atoms with Gasteiger partial charge in [0, 0.05) is 23.4 Å². The molecule has 0 saturated carbocycles. The van der Waals surface area contributed by atoms with E-state index in [1.54, 1.807) is 30.3 Å². The monoisotopic (exact) mass is 649 g/mol. The van der Waals surface area contributed by atoms with Gasteiger partial charge < -0.3 is 4.74 Å². The smallest absolute Gasteiger partial charge is 0.416 e. The van der Waals surface area contributed by atoms with E-state index in [0.717, 1.165) is 37.4 Å². The zero-order chi connectivity index (χ0) is 32.7. The molecule has 1 saturated heterocycles. The maximum absolute atomic E-state index is 16.0. The van der Waals surface area contributed by atoms with Gasteiger partial charge in [0.25, 0.3) is 5.56 Å². The van der Waals surface area contributed by atoms with Gasteiger partial charge in [-0.15, -0.1) is 0 Å². The van der Waals surface area contributed by atoms with Crippen molar-refractivity contribution < 1.29 is 35.1 Å². The van der Waals surface area contributed by atoms with Gasteiger partial charge in [-0.1, -0.05) is 48.5 Å². The van der Waals surface area contributed by atoms with Gasteiger partial charge in [0.05, 0.1) is 37.0 Å². The number of rotatable bonds is 9. The molecule has 0 unspecified atom stereocenters. The lowest BCUT2D eigenvalue weighted by Crippen LogP contribution is -2.55. The van der Waals surface area contributed by atoms with Crippen LogP contribution in [0.4, 0.5) is 22.0 Å². The highest BCUT2D eigenvalue weighted by Gasteiger charge is 2.36. The number of aromatic nitrogens is 2. The molecular formula is C31H28F5N3O5S. The highest BCUT2D eigenvalue weighted by molar-refractivity contribution is 7.88. The quantitative estimate of drug-likeness (QED) is 0.248. The molecule has 1 aliphatic rings. The highest BCUT2D eigenvalue weighted by atomic mass is 32.2. The predicted octanol–water partition coefficient (Wildman–Crippen LogP) is 4.60. The number of hydrogen-bond acceptors (Lipinski definition) is 5. The molecule has 0 bridgehead atoms. The summed E-state index contributed by atoms with van der Waals surface area (Å²) in [7, 11) is -3.46. The summed E-state index contributed by atoms with van der Waals surface area (Å²) in [6.45, 7) is 0.175. The van der Waals surface area contributed by atoms with Crippen molar-refractivity contribution in [3.63, 3.8) is 0 Å². The zero-order valence-corrected chi connectivity index (χ0v) is 25.0. The van der Waals surface area contributed by atoms with Crippen LogP contribution in [0, 0.1) is 18.6 Å². The maximum Gasteiger partial charge on any atom is 0.416 e. The number of sulfonamides is 1. The summed E-state index contributed by atoms with van der Waals surface area (Å²) in [6.07, 6.45) is -4.38. The first-order valence-electron chi connectivity index (χ1n) is 13.8. The summed E-state index contributed by atoms with van der Waals surface area (Å²) < 4.78 is 104. The molecule has 1 aromatic heterocycles. The topological polar surface area (TPSA) is 90.6 Å². The van der Waals surface area contributed by atoms with Crippen LogP contribution in [-0.2, 0) is 35.7 Å². The summed E-state index contributed by atoms with van der Waals surface area (Å²) in [5.74, 6) is -2.48. The van der Waals surface area contributed by atoms with E-state index in [4.69, 9.17) is 4.74 Å². The lowest BCUT2D eigenvalue weighted by Gasteiger charge is -2.37. The average molecular weight is 650 g/mol. The van der Waals surface area contributed by atoms with Crippen LogP contribution in [0.5, 0.6) is 5.75 Å². The van der Waals surface area contributed by atoms with Crippen LogP contribution in [0.1, 0.15) is 22.4 Å². The minimum absolute atomic E-state index is 0.0110. The molecule has 0 N–H and O–H groups in total. The van der Waals surface area contributed by atoms with Crippen LogP contribution in [0.15, 0.2) is 76.3 Å². The molecule has 1 fully saturated rings. The van der Waals surface area contributed by atoms with Gasteiger partial charge in [-0.3, -0.25) is 13.9 Å². The van der Waals surface area contributed by atoms with Crippen LogP contribution < -0.4 is 16.0 Å². The number of ether oxygens (including phenoxy) is 1. The van der Waals surface area contributed by atoms with Crippen molar-refractivity contribution in [1.82, 2.24) is 13.4 Å². The Morgan fingerprint density at radius 2 is 1.58 bits per heavy atom. The Labute approximate surface area is 255 Å². The van der Waals surface area contributed by atoms with Gasteiger partial charge in [0.2, 0.25) is 10.0 Å². The molecule has 1 aliphatic heterocycles. The Morgan fingerprint density at radius 1 is 0.911 bits per heavy atom. The fraction of sp³-hybridized carbons (Fsp3) is 0.290. The molecule has 0 spiro atoms. The Kier molecular flexibility index (Phi) is 8.73. The SMILES string of the molecule is Cc1c(-c2cccc(OC3CN(S(C)(=O)=O)C3)c2F)c(=O)n(CCc2ccccc2)c(=O)n1Cc1c(F)cccc1C(F)(F)F. The first-order chi connectivity index (χ1) is 21.2. The maximum atomic E-state index is 16.0. The Morgan fingerprint density at radius 3 is 2.22 bits per heavy atom. The van der Waals surface area contributed by atoms with E-state index in [2.05, 4.69) is 0 Å². The fourth-order valence-electron chi connectivity index (χ4n) is 5.24. The van der Waals surface area contributed by atoms with E-state index < -0.39 is 62.9 Å². The van der Waals surface area contributed by atoms with Crippen LogP contribution in [-0.4, -0.2) is 47.3 Å². The lowest BCUT2D eigenvalue weighted by atomic mass is 10.0. The van der Waals surface area contributed by atoms with Gasteiger partial charge in [0.1, 0.15) is 11.9 Å².